The number of rotatable bonds is 5. The highest BCUT2D eigenvalue weighted by atomic mass is 16.5. The smallest absolute Gasteiger partial charge is 0.238 e. The Balaban J connectivity index is 1.70. The van der Waals surface area contributed by atoms with Gasteiger partial charge in [-0.25, -0.2) is 0 Å². The van der Waals surface area contributed by atoms with E-state index >= 15 is 0 Å². The van der Waals surface area contributed by atoms with Gasteiger partial charge >= 0.3 is 0 Å². The maximum absolute atomic E-state index is 11.7. The molecule has 2 N–H and O–H groups in total. The Labute approximate surface area is 108 Å². The van der Waals surface area contributed by atoms with Gasteiger partial charge < -0.3 is 15.4 Å². The highest BCUT2D eigenvalue weighted by molar-refractivity contribution is 5.92. The number of para-hydroxylation sites is 1. The van der Waals surface area contributed by atoms with Gasteiger partial charge in [0.1, 0.15) is 0 Å². The van der Waals surface area contributed by atoms with Crippen molar-refractivity contribution < 1.29 is 9.53 Å². The number of nitrogens with one attached hydrogen (secondary N) is 2. The predicted molar refractivity (Wildman–Crippen MR) is 71.7 cm³/mol. The molecule has 1 aliphatic rings. The van der Waals surface area contributed by atoms with Crippen molar-refractivity contribution in [1.82, 2.24) is 5.32 Å². The molecule has 0 bridgehead atoms. The minimum Gasteiger partial charge on any atom is -0.377 e. The molecule has 4 nitrogen and oxygen atoms in total. The summed E-state index contributed by atoms with van der Waals surface area (Å²) in [6, 6.07) is 7.77. The molecule has 0 aromatic heterocycles. The molecule has 0 unspecified atom stereocenters. The van der Waals surface area contributed by atoms with Crippen LogP contribution in [-0.4, -0.2) is 31.7 Å². The number of ether oxygens (including phenoxy) is 1. The second-order valence-electron chi connectivity index (χ2n) is 4.63. The van der Waals surface area contributed by atoms with Crippen LogP contribution < -0.4 is 10.6 Å². The summed E-state index contributed by atoms with van der Waals surface area (Å²) < 4.78 is 5.48. The maximum atomic E-state index is 11.7. The molecule has 98 valence electrons. The van der Waals surface area contributed by atoms with Crippen LogP contribution in [-0.2, 0) is 9.53 Å². The Morgan fingerprint density at radius 1 is 1.44 bits per heavy atom. The first kappa shape index (κ1) is 13.1. The number of carbonyl (C=O) groups excluding carboxylic acids is 1. The van der Waals surface area contributed by atoms with Gasteiger partial charge in [0.25, 0.3) is 0 Å². The third-order valence-electron chi connectivity index (χ3n) is 3.10. The summed E-state index contributed by atoms with van der Waals surface area (Å²) in [7, 11) is 0. The third kappa shape index (κ3) is 3.82. The third-order valence-corrected chi connectivity index (χ3v) is 3.10. The first-order valence-electron chi connectivity index (χ1n) is 6.43. The Morgan fingerprint density at radius 3 is 3.00 bits per heavy atom. The molecule has 1 saturated heterocycles. The number of benzene rings is 1. The van der Waals surface area contributed by atoms with Gasteiger partial charge in [-0.1, -0.05) is 18.2 Å². The highest BCUT2D eigenvalue weighted by Crippen LogP contribution is 2.13. The molecular weight excluding hydrogens is 228 g/mol. The van der Waals surface area contributed by atoms with E-state index in [9.17, 15) is 4.79 Å². The summed E-state index contributed by atoms with van der Waals surface area (Å²) in [5.41, 5.74) is 1.95. The number of carbonyl (C=O) groups is 1. The van der Waals surface area contributed by atoms with Gasteiger partial charge in [0.05, 0.1) is 12.6 Å². The van der Waals surface area contributed by atoms with Crippen molar-refractivity contribution in [3.63, 3.8) is 0 Å². The second kappa shape index (κ2) is 6.52. The maximum Gasteiger partial charge on any atom is 0.238 e. The molecule has 1 heterocycles. The van der Waals surface area contributed by atoms with Gasteiger partial charge in [0, 0.05) is 18.8 Å². The average Bonchev–Trinajstić information content (AvgIpc) is 2.85. The van der Waals surface area contributed by atoms with E-state index in [-0.39, 0.29) is 12.0 Å². The van der Waals surface area contributed by atoms with E-state index in [4.69, 9.17) is 4.74 Å². The quantitative estimate of drug-likeness (QED) is 0.834. The lowest BCUT2D eigenvalue weighted by molar-refractivity contribution is -0.115. The van der Waals surface area contributed by atoms with Crippen molar-refractivity contribution in [3.05, 3.63) is 29.8 Å². The van der Waals surface area contributed by atoms with Crippen molar-refractivity contribution in [2.75, 3.05) is 25.0 Å². The molecule has 0 aliphatic carbocycles. The lowest BCUT2D eigenvalue weighted by Crippen LogP contribution is -2.33. The van der Waals surface area contributed by atoms with Gasteiger partial charge in [-0.05, 0) is 31.4 Å². The van der Waals surface area contributed by atoms with Gasteiger partial charge in [-0.3, -0.25) is 4.79 Å². The fourth-order valence-electron chi connectivity index (χ4n) is 2.06. The van der Waals surface area contributed by atoms with Crippen molar-refractivity contribution in [2.24, 2.45) is 0 Å². The first-order valence-corrected chi connectivity index (χ1v) is 6.43. The minimum atomic E-state index is -0.0118. The van der Waals surface area contributed by atoms with Gasteiger partial charge in [0.15, 0.2) is 0 Å². The zero-order chi connectivity index (χ0) is 12.8. The molecule has 1 aromatic rings. The molecule has 1 aromatic carbocycles. The van der Waals surface area contributed by atoms with Crippen LogP contribution in [0.4, 0.5) is 5.69 Å². The van der Waals surface area contributed by atoms with Crippen LogP contribution in [0.5, 0.6) is 0 Å². The molecule has 1 fully saturated rings. The van der Waals surface area contributed by atoms with E-state index < -0.39 is 0 Å². The summed E-state index contributed by atoms with van der Waals surface area (Å²) in [5, 5.41) is 6.02. The molecule has 0 saturated carbocycles. The Bertz CT molecular complexity index is 401. The van der Waals surface area contributed by atoms with Crippen LogP contribution in [0, 0.1) is 6.92 Å². The molecule has 18 heavy (non-hydrogen) atoms. The summed E-state index contributed by atoms with van der Waals surface area (Å²) in [6.45, 7) is 3.91. The van der Waals surface area contributed by atoms with Gasteiger partial charge in [-0.15, -0.1) is 0 Å². The lowest BCUT2D eigenvalue weighted by atomic mass is 10.2. The molecule has 0 radical (unpaired) electrons. The summed E-state index contributed by atoms with van der Waals surface area (Å²) in [5.74, 6) is -0.0118. The zero-order valence-corrected chi connectivity index (χ0v) is 10.7. The van der Waals surface area contributed by atoms with Crippen LogP contribution in [0.1, 0.15) is 18.4 Å². The predicted octanol–water partition coefficient (Wildman–Crippen LogP) is 1.70. The van der Waals surface area contributed by atoms with Crippen LogP contribution in [0.2, 0.25) is 0 Å². The van der Waals surface area contributed by atoms with Crippen LogP contribution in [0.15, 0.2) is 24.3 Å². The monoisotopic (exact) mass is 248 g/mol. The number of amides is 1. The van der Waals surface area contributed by atoms with Gasteiger partial charge in [0.2, 0.25) is 5.91 Å². The SMILES string of the molecule is Cc1ccccc1NC(=O)CNC[C@@H]1CCCO1. The van der Waals surface area contributed by atoms with E-state index in [0.717, 1.165) is 37.2 Å². The van der Waals surface area contributed by atoms with Crippen LogP contribution in [0.3, 0.4) is 0 Å². The zero-order valence-electron chi connectivity index (χ0n) is 10.7. The Morgan fingerprint density at radius 2 is 2.28 bits per heavy atom. The fourth-order valence-corrected chi connectivity index (χ4v) is 2.06. The van der Waals surface area contributed by atoms with Crippen molar-refractivity contribution in [3.8, 4) is 0 Å². The molecular formula is C14H20N2O2. The molecule has 4 heteroatoms. The standard InChI is InChI=1S/C14H20N2O2/c1-11-5-2-3-7-13(11)16-14(17)10-15-9-12-6-4-8-18-12/h2-3,5,7,12,15H,4,6,8-10H2,1H3,(H,16,17)/t12-/m0/s1. The molecule has 1 aliphatic heterocycles. The summed E-state index contributed by atoms with van der Waals surface area (Å²) in [4.78, 5) is 11.7. The van der Waals surface area contributed by atoms with E-state index in [2.05, 4.69) is 10.6 Å². The summed E-state index contributed by atoms with van der Waals surface area (Å²) in [6.07, 6.45) is 2.49. The van der Waals surface area contributed by atoms with Crippen LogP contribution in [0.25, 0.3) is 0 Å². The van der Waals surface area contributed by atoms with Crippen LogP contribution >= 0.6 is 0 Å². The molecule has 1 atom stereocenters. The fraction of sp³-hybridized carbons (Fsp3) is 0.500. The van der Waals surface area contributed by atoms with Crippen molar-refractivity contribution in [2.45, 2.75) is 25.9 Å². The largest absolute Gasteiger partial charge is 0.377 e. The Kier molecular flexibility index (Phi) is 4.73. The molecule has 1 amide bonds. The van der Waals surface area contributed by atoms with E-state index in [0.29, 0.717) is 6.54 Å². The summed E-state index contributed by atoms with van der Waals surface area (Å²) >= 11 is 0. The van der Waals surface area contributed by atoms with Gasteiger partial charge in [-0.2, -0.15) is 0 Å². The normalized spacial score (nSPS) is 18.8. The van der Waals surface area contributed by atoms with Crippen molar-refractivity contribution in [1.29, 1.82) is 0 Å². The van der Waals surface area contributed by atoms with E-state index in [1.807, 2.05) is 31.2 Å². The molecule has 2 rings (SSSR count). The first-order chi connectivity index (χ1) is 8.75. The lowest BCUT2D eigenvalue weighted by Gasteiger charge is -2.11. The van der Waals surface area contributed by atoms with Crippen molar-refractivity contribution >= 4 is 11.6 Å². The second-order valence-corrected chi connectivity index (χ2v) is 4.63. The highest BCUT2D eigenvalue weighted by Gasteiger charge is 2.15. The van der Waals surface area contributed by atoms with E-state index in [1.54, 1.807) is 0 Å². The number of anilines is 1. The molecule has 0 spiro atoms. The number of hydrogen-bond acceptors (Lipinski definition) is 3. The Hall–Kier alpha value is -1.39. The van der Waals surface area contributed by atoms with E-state index in [1.165, 1.54) is 0 Å². The number of aryl methyl sites for hydroxylation is 1. The number of hydrogen-bond donors (Lipinski definition) is 2. The average molecular weight is 248 g/mol. The topological polar surface area (TPSA) is 50.4 Å². The minimum absolute atomic E-state index is 0.0118.